The third-order valence-electron chi connectivity index (χ3n) is 3.85. The van der Waals surface area contributed by atoms with Gasteiger partial charge in [-0.2, -0.15) is 0 Å². The van der Waals surface area contributed by atoms with Crippen molar-refractivity contribution in [3.8, 4) is 0 Å². The standard InChI is InChI=1S/C14H16BrNO2/c15-11-5-3-10(4-6-11)12-7-13(12)16(14(17)18)8-9-1-2-9/h3-6,9,12-13H,1-2,7-8H2,(H,17,18). The predicted molar refractivity (Wildman–Crippen MR) is 72.7 cm³/mol. The number of nitrogens with zero attached hydrogens (tertiary/aromatic N) is 1. The Bertz CT molecular complexity index is 455. The van der Waals surface area contributed by atoms with Gasteiger partial charge in [0.05, 0.1) is 0 Å². The Balaban J connectivity index is 1.67. The van der Waals surface area contributed by atoms with E-state index in [2.05, 4.69) is 28.1 Å². The molecule has 2 aliphatic carbocycles. The van der Waals surface area contributed by atoms with Crippen LogP contribution in [0.1, 0.15) is 30.7 Å². The topological polar surface area (TPSA) is 40.5 Å². The molecule has 1 amide bonds. The number of carboxylic acid groups (broad SMARTS) is 1. The van der Waals surface area contributed by atoms with Crippen LogP contribution in [0, 0.1) is 5.92 Å². The SMILES string of the molecule is O=C(O)N(CC1CC1)C1CC1c1ccc(Br)cc1. The number of amides is 1. The third-order valence-corrected chi connectivity index (χ3v) is 4.38. The lowest BCUT2D eigenvalue weighted by molar-refractivity contribution is 0.139. The maximum absolute atomic E-state index is 11.3. The molecule has 2 unspecified atom stereocenters. The lowest BCUT2D eigenvalue weighted by atomic mass is 10.1. The van der Waals surface area contributed by atoms with E-state index >= 15 is 0 Å². The van der Waals surface area contributed by atoms with Gasteiger partial charge in [-0.15, -0.1) is 0 Å². The monoisotopic (exact) mass is 309 g/mol. The van der Waals surface area contributed by atoms with Crippen LogP contribution in [-0.2, 0) is 0 Å². The third kappa shape index (κ3) is 2.53. The first-order valence-electron chi connectivity index (χ1n) is 6.40. The summed E-state index contributed by atoms with van der Waals surface area (Å²) in [5.41, 5.74) is 1.25. The molecule has 0 aliphatic heterocycles. The summed E-state index contributed by atoms with van der Waals surface area (Å²) < 4.78 is 1.07. The zero-order valence-electron chi connectivity index (χ0n) is 10.1. The van der Waals surface area contributed by atoms with Gasteiger partial charge in [-0.05, 0) is 42.9 Å². The van der Waals surface area contributed by atoms with Gasteiger partial charge >= 0.3 is 6.09 Å². The second-order valence-electron chi connectivity index (χ2n) is 5.34. The highest BCUT2D eigenvalue weighted by atomic mass is 79.9. The van der Waals surface area contributed by atoms with Crippen LogP contribution in [0.5, 0.6) is 0 Å². The van der Waals surface area contributed by atoms with Gasteiger partial charge in [-0.3, -0.25) is 0 Å². The van der Waals surface area contributed by atoms with E-state index < -0.39 is 6.09 Å². The molecule has 2 fully saturated rings. The highest BCUT2D eigenvalue weighted by molar-refractivity contribution is 9.10. The number of halogens is 1. The van der Waals surface area contributed by atoms with Gasteiger partial charge in [0.15, 0.2) is 0 Å². The molecule has 0 radical (unpaired) electrons. The summed E-state index contributed by atoms with van der Waals surface area (Å²) in [6, 6.07) is 8.43. The Kier molecular flexibility index (Phi) is 3.06. The van der Waals surface area contributed by atoms with Crippen molar-refractivity contribution in [3.05, 3.63) is 34.3 Å². The Morgan fingerprint density at radius 3 is 2.56 bits per heavy atom. The van der Waals surface area contributed by atoms with E-state index in [0.717, 1.165) is 17.4 Å². The van der Waals surface area contributed by atoms with Crippen molar-refractivity contribution in [2.24, 2.45) is 5.92 Å². The van der Waals surface area contributed by atoms with Crippen molar-refractivity contribution in [3.63, 3.8) is 0 Å². The zero-order chi connectivity index (χ0) is 12.7. The Morgan fingerprint density at radius 2 is 2.00 bits per heavy atom. The highest BCUT2D eigenvalue weighted by Crippen LogP contribution is 2.46. The fourth-order valence-corrected chi connectivity index (χ4v) is 2.79. The molecule has 0 aromatic heterocycles. The van der Waals surface area contributed by atoms with E-state index in [4.69, 9.17) is 0 Å². The van der Waals surface area contributed by atoms with Gasteiger partial charge in [0, 0.05) is 23.0 Å². The molecule has 0 bridgehead atoms. The van der Waals surface area contributed by atoms with Crippen molar-refractivity contribution in [1.29, 1.82) is 0 Å². The highest BCUT2D eigenvalue weighted by Gasteiger charge is 2.46. The van der Waals surface area contributed by atoms with Crippen molar-refractivity contribution >= 4 is 22.0 Å². The van der Waals surface area contributed by atoms with Crippen LogP contribution in [0.15, 0.2) is 28.7 Å². The van der Waals surface area contributed by atoms with Gasteiger partial charge in [0.2, 0.25) is 0 Å². The number of benzene rings is 1. The van der Waals surface area contributed by atoms with E-state index in [1.165, 1.54) is 18.4 Å². The lowest BCUT2D eigenvalue weighted by Crippen LogP contribution is -2.34. The molecule has 0 heterocycles. The van der Waals surface area contributed by atoms with Gasteiger partial charge in [-0.25, -0.2) is 4.79 Å². The predicted octanol–water partition coefficient (Wildman–Crippen LogP) is 3.70. The van der Waals surface area contributed by atoms with Gasteiger partial charge in [-0.1, -0.05) is 28.1 Å². The second-order valence-corrected chi connectivity index (χ2v) is 6.26. The first kappa shape index (κ1) is 12.0. The van der Waals surface area contributed by atoms with Gasteiger partial charge < -0.3 is 10.0 Å². The molecule has 2 saturated carbocycles. The first-order valence-corrected chi connectivity index (χ1v) is 7.19. The molecule has 18 heavy (non-hydrogen) atoms. The molecular weight excluding hydrogens is 294 g/mol. The normalized spacial score (nSPS) is 25.8. The van der Waals surface area contributed by atoms with E-state index in [1.807, 2.05) is 12.1 Å². The summed E-state index contributed by atoms with van der Waals surface area (Å²) in [4.78, 5) is 13.0. The molecule has 3 rings (SSSR count). The van der Waals surface area contributed by atoms with E-state index in [9.17, 15) is 9.90 Å². The number of hydrogen-bond acceptors (Lipinski definition) is 1. The van der Waals surface area contributed by atoms with Crippen LogP contribution in [0.3, 0.4) is 0 Å². The average Bonchev–Trinajstić information content (AvgIpc) is 3.21. The summed E-state index contributed by atoms with van der Waals surface area (Å²) >= 11 is 3.42. The van der Waals surface area contributed by atoms with Crippen LogP contribution in [0.25, 0.3) is 0 Å². The second kappa shape index (κ2) is 4.57. The molecular formula is C14H16BrNO2. The smallest absolute Gasteiger partial charge is 0.407 e. The van der Waals surface area contributed by atoms with Gasteiger partial charge in [0.25, 0.3) is 0 Å². The molecule has 3 nitrogen and oxygen atoms in total. The van der Waals surface area contributed by atoms with E-state index in [-0.39, 0.29) is 6.04 Å². The van der Waals surface area contributed by atoms with Crippen LogP contribution < -0.4 is 0 Å². The Hall–Kier alpha value is -1.03. The molecule has 0 spiro atoms. The molecule has 2 atom stereocenters. The summed E-state index contributed by atoms with van der Waals surface area (Å²) in [5, 5.41) is 9.29. The number of carbonyl (C=O) groups is 1. The minimum absolute atomic E-state index is 0.198. The largest absolute Gasteiger partial charge is 0.465 e. The molecule has 2 aliphatic rings. The van der Waals surface area contributed by atoms with Gasteiger partial charge in [0.1, 0.15) is 0 Å². The Morgan fingerprint density at radius 1 is 1.33 bits per heavy atom. The van der Waals surface area contributed by atoms with Crippen LogP contribution in [0.2, 0.25) is 0 Å². The first-order chi connectivity index (χ1) is 8.65. The maximum Gasteiger partial charge on any atom is 0.407 e. The van der Waals surface area contributed by atoms with Crippen molar-refractivity contribution in [1.82, 2.24) is 4.90 Å². The summed E-state index contributed by atoms with van der Waals surface area (Å²) in [5.74, 6) is 1.01. The zero-order valence-corrected chi connectivity index (χ0v) is 11.6. The molecule has 1 aromatic carbocycles. The number of hydrogen-bond donors (Lipinski definition) is 1. The minimum atomic E-state index is -0.758. The average molecular weight is 310 g/mol. The molecule has 4 heteroatoms. The molecule has 96 valence electrons. The van der Waals surface area contributed by atoms with Crippen LogP contribution in [-0.4, -0.2) is 28.7 Å². The summed E-state index contributed by atoms with van der Waals surface area (Å²) in [6.07, 6.45) is 2.60. The van der Waals surface area contributed by atoms with Crippen LogP contribution in [0.4, 0.5) is 4.79 Å². The van der Waals surface area contributed by atoms with E-state index in [1.54, 1.807) is 4.90 Å². The maximum atomic E-state index is 11.3. The quantitative estimate of drug-likeness (QED) is 0.921. The van der Waals surface area contributed by atoms with E-state index in [0.29, 0.717) is 11.8 Å². The fourth-order valence-electron chi connectivity index (χ4n) is 2.53. The van der Waals surface area contributed by atoms with Crippen molar-refractivity contribution in [2.75, 3.05) is 6.54 Å². The molecule has 0 saturated heterocycles. The molecule has 1 N–H and O–H groups in total. The Labute approximate surface area is 115 Å². The fraction of sp³-hybridized carbons (Fsp3) is 0.500. The lowest BCUT2D eigenvalue weighted by Gasteiger charge is -2.19. The molecule has 1 aromatic rings. The summed E-state index contributed by atoms with van der Waals surface area (Å²) in [6.45, 7) is 0.729. The summed E-state index contributed by atoms with van der Waals surface area (Å²) in [7, 11) is 0. The van der Waals surface area contributed by atoms with Crippen LogP contribution >= 0.6 is 15.9 Å². The minimum Gasteiger partial charge on any atom is -0.465 e. The van der Waals surface area contributed by atoms with Crippen molar-refractivity contribution < 1.29 is 9.90 Å². The number of rotatable bonds is 4. The van der Waals surface area contributed by atoms with Crippen molar-refractivity contribution in [2.45, 2.75) is 31.2 Å².